The van der Waals surface area contributed by atoms with Crippen LogP contribution in [0.15, 0.2) is 103 Å². The lowest BCUT2D eigenvalue weighted by molar-refractivity contribution is 0.132. The van der Waals surface area contributed by atoms with E-state index in [-0.39, 0.29) is 5.02 Å². The Morgan fingerprint density at radius 3 is 2.29 bits per heavy atom. The van der Waals surface area contributed by atoms with Gasteiger partial charge in [0.2, 0.25) is 0 Å². The summed E-state index contributed by atoms with van der Waals surface area (Å²) in [7, 11) is 3.24. The molecule has 0 aliphatic carbocycles. The van der Waals surface area contributed by atoms with Crippen molar-refractivity contribution in [2.45, 2.75) is 6.42 Å². The third kappa shape index (κ3) is 9.28. The highest BCUT2D eigenvalue weighted by atomic mass is 35.5. The lowest BCUT2D eigenvalue weighted by atomic mass is 10.0. The lowest BCUT2D eigenvalue weighted by Crippen LogP contribution is -2.10. The summed E-state index contributed by atoms with van der Waals surface area (Å²) in [6.07, 6.45) is 8.21. The molecule has 6 aromatic rings. The van der Waals surface area contributed by atoms with Crippen LogP contribution in [0, 0.1) is 17.7 Å². The summed E-state index contributed by atoms with van der Waals surface area (Å²) in [5.74, 6) is 8.31. The van der Waals surface area contributed by atoms with Crippen molar-refractivity contribution in [3.8, 4) is 23.3 Å². The molecule has 4 aromatic carbocycles. The topological polar surface area (TPSA) is 125 Å². The Labute approximate surface area is 322 Å². The molecule has 0 spiro atoms. The van der Waals surface area contributed by atoms with Crippen LogP contribution >= 0.6 is 11.6 Å². The molecule has 1 aliphatic heterocycles. The molecule has 0 saturated heterocycles. The average molecular weight is 758 g/mol. The quantitative estimate of drug-likeness (QED) is 0.0743. The Kier molecular flexibility index (Phi) is 11.9. The van der Waals surface area contributed by atoms with E-state index in [0.29, 0.717) is 67.2 Å². The van der Waals surface area contributed by atoms with E-state index in [1.54, 1.807) is 20.3 Å². The maximum absolute atomic E-state index is 13.9. The summed E-state index contributed by atoms with van der Waals surface area (Å²) in [6.45, 7) is 2.32. The SMILES string of the molecule is COCCOc1cc2ncnc(Nc3cccc(C#Cc4ccc5c(CC6=CCNC=C6)nnc(Nc6ccc(F)c(Cl)c6)c5c4)c3)c2cc1OCCOC. The van der Waals surface area contributed by atoms with Crippen LogP contribution in [-0.4, -0.2) is 67.4 Å². The first-order valence-electron chi connectivity index (χ1n) is 17.5. The van der Waals surface area contributed by atoms with Crippen LogP contribution in [0.25, 0.3) is 21.7 Å². The van der Waals surface area contributed by atoms with E-state index < -0.39 is 5.82 Å². The number of fused-ring (bicyclic) bond motifs is 2. The van der Waals surface area contributed by atoms with Crippen LogP contribution in [0.5, 0.6) is 11.5 Å². The molecule has 7 rings (SSSR count). The maximum atomic E-state index is 13.9. The zero-order valence-corrected chi connectivity index (χ0v) is 30.9. The fraction of sp³-hybridized carbons (Fsp3) is 0.190. The molecule has 0 radical (unpaired) electrons. The Bertz CT molecular complexity index is 2470. The van der Waals surface area contributed by atoms with Crippen molar-refractivity contribution >= 4 is 56.3 Å². The second kappa shape index (κ2) is 17.7. The van der Waals surface area contributed by atoms with E-state index >= 15 is 0 Å². The molecule has 3 N–H and O–H groups in total. The number of ether oxygens (including phenoxy) is 4. The molecule has 1 aliphatic rings. The van der Waals surface area contributed by atoms with Gasteiger partial charge in [-0.3, -0.25) is 0 Å². The van der Waals surface area contributed by atoms with E-state index in [2.05, 4.69) is 54.0 Å². The highest BCUT2D eigenvalue weighted by Crippen LogP contribution is 2.35. The standard InChI is InChI=1S/C42H37ClFN7O4/c1-52-16-18-54-39-24-34-37(25-40(39)55-19-17-53-2)46-26-47-41(34)48-30-5-3-4-27(20-30)6-7-28-8-10-32-33(21-28)42(49-31-9-11-36(44)35(43)23-31)51-50-38(32)22-29-12-14-45-15-13-29/h3-5,8-14,20-21,23-26,45H,15-19,22H2,1-2H3,(H,49,51)(H,46,47,48). The number of nitrogens with one attached hydrogen (secondary N) is 3. The first-order valence-corrected chi connectivity index (χ1v) is 17.9. The third-order valence-electron chi connectivity index (χ3n) is 8.57. The second-order valence-electron chi connectivity index (χ2n) is 12.4. The van der Waals surface area contributed by atoms with Crippen LogP contribution in [0.1, 0.15) is 16.8 Å². The highest BCUT2D eigenvalue weighted by Gasteiger charge is 2.15. The number of anilines is 4. The minimum Gasteiger partial charge on any atom is -0.487 e. The smallest absolute Gasteiger partial charge is 0.163 e. The molecule has 0 bridgehead atoms. The average Bonchev–Trinajstić information content (AvgIpc) is 3.20. The Morgan fingerprint density at radius 2 is 1.53 bits per heavy atom. The van der Waals surface area contributed by atoms with Gasteiger partial charge in [0.1, 0.15) is 31.2 Å². The fourth-order valence-electron chi connectivity index (χ4n) is 5.85. The molecule has 55 heavy (non-hydrogen) atoms. The first-order chi connectivity index (χ1) is 27.0. The molecular formula is C42H37ClFN7O4. The van der Waals surface area contributed by atoms with Gasteiger partial charge in [0.15, 0.2) is 17.3 Å². The first kappa shape index (κ1) is 37.1. The number of dihydropyridines is 1. The zero-order valence-electron chi connectivity index (χ0n) is 30.2. The van der Waals surface area contributed by atoms with Gasteiger partial charge in [-0.05, 0) is 72.4 Å². The molecular weight excluding hydrogens is 721 g/mol. The van der Waals surface area contributed by atoms with Gasteiger partial charge in [-0.1, -0.05) is 41.7 Å². The largest absolute Gasteiger partial charge is 0.487 e. The number of hydrogen-bond donors (Lipinski definition) is 3. The number of rotatable bonds is 14. The van der Waals surface area contributed by atoms with E-state index in [1.165, 1.54) is 18.5 Å². The minimum atomic E-state index is -0.500. The maximum Gasteiger partial charge on any atom is 0.163 e. The van der Waals surface area contributed by atoms with Crippen molar-refractivity contribution in [1.82, 2.24) is 25.5 Å². The Hall–Kier alpha value is -6.26. The number of benzene rings is 4. The zero-order chi connectivity index (χ0) is 38.0. The summed E-state index contributed by atoms with van der Waals surface area (Å²) in [4.78, 5) is 9.01. The summed E-state index contributed by atoms with van der Waals surface area (Å²) >= 11 is 6.08. The highest BCUT2D eigenvalue weighted by molar-refractivity contribution is 6.31. The summed E-state index contributed by atoms with van der Waals surface area (Å²) < 4.78 is 36.2. The minimum absolute atomic E-state index is 0.00821. The van der Waals surface area contributed by atoms with E-state index in [9.17, 15) is 4.39 Å². The molecule has 0 atom stereocenters. The van der Waals surface area contributed by atoms with Crippen LogP contribution in [0.3, 0.4) is 0 Å². The molecule has 11 nitrogen and oxygen atoms in total. The van der Waals surface area contributed by atoms with E-state index in [0.717, 1.165) is 50.8 Å². The Balaban J connectivity index is 1.17. The molecule has 0 unspecified atom stereocenters. The Morgan fingerprint density at radius 1 is 0.764 bits per heavy atom. The van der Waals surface area contributed by atoms with Gasteiger partial charge in [0.05, 0.1) is 29.4 Å². The van der Waals surface area contributed by atoms with E-state index in [4.69, 9.17) is 30.5 Å². The van der Waals surface area contributed by atoms with Gasteiger partial charge in [-0.25, -0.2) is 14.4 Å². The predicted molar refractivity (Wildman–Crippen MR) is 213 cm³/mol. The van der Waals surface area contributed by atoms with Crippen LogP contribution in [-0.2, 0) is 15.9 Å². The molecule has 3 heterocycles. The second-order valence-corrected chi connectivity index (χ2v) is 12.8. The van der Waals surface area contributed by atoms with Gasteiger partial charge in [-0.2, -0.15) is 5.10 Å². The number of allylic oxidation sites excluding steroid dienone is 2. The van der Waals surface area contributed by atoms with E-state index in [1.807, 2.05) is 66.9 Å². The number of hydrogen-bond acceptors (Lipinski definition) is 11. The summed E-state index contributed by atoms with van der Waals surface area (Å²) in [5, 5.41) is 21.5. The van der Waals surface area contributed by atoms with Crippen molar-refractivity contribution in [3.05, 3.63) is 131 Å². The van der Waals surface area contributed by atoms with Gasteiger partial charge >= 0.3 is 0 Å². The van der Waals surface area contributed by atoms with Gasteiger partial charge < -0.3 is 34.9 Å². The monoisotopic (exact) mass is 757 g/mol. The van der Waals surface area contributed by atoms with Gasteiger partial charge in [-0.15, -0.1) is 5.10 Å². The van der Waals surface area contributed by atoms with Crippen LogP contribution in [0.2, 0.25) is 5.02 Å². The number of halogens is 2. The van der Waals surface area contributed by atoms with Crippen molar-refractivity contribution in [3.63, 3.8) is 0 Å². The van der Waals surface area contributed by atoms with Gasteiger partial charge in [0, 0.05) is 71.9 Å². The van der Waals surface area contributed by atoms with Crippen molar-refractivity contribution in [2.75, 3.05) is 57.8 Å². The molecule has 13 heteroatoms. The normalized spacial score (nSPS) is 12.1. The summed E-state index contributed by atoms with van der Waals surface area (Å²) in [5.41, 5.74) is 5.59. The number of methoxy groups -OCH3 is 2. The number of nitrogens with zero attached hydrogens (tertiary/aromatic N) is 4. The van der Waals surface area contributed by atoms with Crippen molar-refractivity contribution in [2.24, 2.45) is 0 Å². The molecule has 0 saturated carbocycles. The predicted octanol–water partition coefficient (Wildman–Crippen LogP) is 7.89. The molecule has 278 valence electrons. The number of aromatic nitrogens is 4. The fourth-order valence-corrected chi connectivity index (χ4v) is 6.03. The molecule has 0 amide bonds. The lowest BCUT2D eigenvalue weighted by Gasteiger charge is -2.15. The van der Waals surface area contributed by atoms with Gasteiger partial charge in [0.25, 0.3) is 0 Å². The van der Waals surface area contributed by atoms with Crippen molar-refractivity contribution < 1.29 is 23.3 Å². The summed E-state index contributed by atoms with van der Waals surface area (Å²) in [6, 6.07) is 21.9. The van der Waals surface area contributed by atoms with Crippen LogP contribution in [0.4, 0.5) is 27.4 Å². The third-order valence-corrected chi connectivity index (χ3v) is 8.86. The molecule has 0 fully saturated rings. The molecule has 2 aromatic heterocycles. The van der Waals surface area contributed by atoms with Crippen LogP contribution < -0.4 is 25.4 Å². The van der Waals surface area contributed by atoms with Crippen molar-refractivity contribution in [1.29, 1.82) is 0 Å².